The van der Waals surface area contributed by atoms with Gasteiger partial charge in [0.05, 0.1) is 24.4 Å². The maximum absolute atomic E-state index is 11.5. The van der Waals surface area contributed by atoms with Gasteiger partial charge >= 0.3 is 5.97 Å². The lowest BCUT2D eigenvalue weighted by Crippen LogP contribution is -2.46. The number of aliphatic hydroxyl groups is 1. The predicted molar refractivity (Wildman–Crippen MR) is 158 cm³/mol. The Labute approximate surface area is 231 Å². The van der Waals surface area contributed by atoms with E-state index in [1.54, 1.807) is 12.1 Å². The Hall–Kier alpha value is -3.51. The molecule has 3 N–H and O–H groups in total. The van der Waals surface area contributed by atoms with Crippen LogP contribution in [0.3, 0.4) is 0 Å². The fourth-order valence-electron chi connectivity index (χ4n) is 5.31. The summed E-state index contributed by atoms with van der Waals surface area (Å²) in [4.78, 5) is 11.5. The third kappa shape index (κ3) is 7.12. The van der Waals surface area contributed by atoms with E-state index in [2.05, 4.69) is 61.6 Å². The quantitative estimate of drug-likeness (QED) is 0.199. The molecule has 0 bridgehead atoms. The summed E-state index contributed by atoms with van der Waals surface area (Å²) in [6, 6.07) is 26.4. The number of ether oxygens (including phenoxy) is 1. The molecule has 5 heteroatoms. The van der Waals surface area contributed by atoms with Crippen LogP contribution < -0.4 is 5.32 Å². The fraction of sp³-hybridized carbons (Fsp3) is 0.324. The maximum Gasteiger partial charge on any atom is 0.335 e. The summed E-state index contributed by atoms with van der Waals surface area (Å²) in [5.41, 5.74) is 6.20. The Bertz CT molecular complexity index is 1440. The van der Waals surface area contributed by atoms with Gasteiger partial charge in [-0.15, -0.1) is 0 Å². The lowest BCUT2D eigenvalue weighted by atomic mass is 9.89. The van der Waals surface area contributed by atoms with Crippen LogP contribution in [-0.4, -0.2) is 41.0 Å². The minimum atomic E-state index is -0.930. The van der Waals surface area contributed by atoms with Crippen molar-refractivity contribution in [2.75, 3.05) is 13.2 Å². The lowest BCUT2D eigenvalue weighted by molar-refractivity contribution is -0.00397. The first-order chi connectivity index (χ1) is 18.5. The average molecular weight is 526 g/mol. The predicted octanol–water partition coefficient (Wildman–Crippen LogP) is 6.87. The van der Waals surface area contributed by atoms with E-state index < -0.39 is 12.1 Å². The van der Waals surface area contributed by atoms with Crippen molar-refractivity contribution in [3.05, 3.63) is 107 Å². The Kier molecular flexibility index (Phi) is 8.86. The van der Waals surface area contributed by atoms with Crippen molar-refractivity contribution >= 4 is 16.7 Å². The van der Waals surface area contributed by atoms with Gasteiger partial charge in [-0.2, -0.15) is 0 Å². The Morgan fingerprint density at radius 2 is 1.56 bits per heavy atom. The minimum absolute atomic E-state index is 0.196. The molecule has 0 amide bonds. The zero-order valence-electron chi connectivity index (χ0n) is 23.5. The standard InChI is InChI=1S/C34H39NO4/c1-22-16-28(33(37)38)17-23(2)32(22)31-13-9-8-12-30(31)24(3)39-21-29(36)20-35-34(4,5)19-25-14-15-26-10-6-7-11-27(26)18-25/h6-18,24,29,35-36H,19-21H2,1-5H3,(H,37,38)/t24?,29-/m1/s1. The molecular weight excluding hydrogens is 486 g/mol. The third-order valence-electron chi connectivity index (χ3n) is 7.26. The van der Waals surface area contributed by atoms with Crippen molar-refractivity contribution < 1.29 is 19.7 Å². The van der Waals surface area contributed by atoms with Gasteiger partial charge in [-0.05, 0) is 97.3 Å². The Morgan fingerprint density at radius 3 is 2.26 bits per heavy atom. The zero-order valence-corrected chi connectivity index (χ0v) is 23.5. The van der Waals surface area contributed by atoms with Crippen molar-refractivity contribution in [1.29, 1.82) is 0 Å². The smallest absolute Gasteiger partial charge is 0.335 e. The molecule has 0 saturated heterocycles. The van der Waals surface area contributed by atoms with Gasteiger partial charge in [0.1, 0.15) is 0 Å². The first kappa shape index (κ1) is 28.5. The van der Waals surface area contributed by atoms with Crippen LogP contribution in [-0.2, 0) is 11.2 Å². The fourth-order valence-corrected chi connectivity index (χ4v) is 5.31. The number of rotatable bonds is 11. The second-order valence-electron chi connectivity index (χ2n) is 11.1. The van der Waals surface area contributed by atoms with Gasteiger partial charge in [0, 0.05) is 12.1 Å². The van der Waals surface area contributed by atoms with Crippen molar-refractivity contribution in [2.45, 2.75) is 58.8 Å². The number of aromatic carboxylic acids is 1. The molecule has 0 spiro atoms. The number of carboxylic acids is 1. The largest absolute Gasteiger partial charge is 0.478 e. The Balaban J connectivity index is 1.37. The first-order valence-corrected chi connectivity index (χ1v) is 13.5. The number of carboxylic acid groups (broad SMARTS) is 1. The van der Waals surface area contributed by atoms with Gasteiger partial charge in [0.25, 0.3) is 0 Å². The van der Waals surface area contributed by atoms with E-state index in [-0.39, 0.29) is 23.8 Å². The molecule has 5 nitrogen and oxygen atoms in total. The van der Waals surface area contributed by atoms with E-state index >= 15 is 0 Å². The normalized spacial score (nSPS) is 13.4. The zero-order chi connectivity index (χ0) is 28.2. The van der Waals surface area contributed by atoms with E-state index in [1.165, 1.54) is 16.3 Å². The number of hydrogen-bond donors (Lipinski definition) is 3. The van der Waals surface area contributed by atoms with Crippen molar-refractivity contribution in [3.8, 4) is 11.1 Å². The second kappa shape index (κ2) is 12.1. The first-order valence-electron chi connectivity index (χ1n) is 13.5. The highest BCUT2D eigenvalue weighted by Crippen LogP contribution is 2.35. The molecule has 1 unspecified atom stereocenters. The summed E-state index contributed by atoms with van der Waals surface area (Å²) in [6.07, 6.45) is -0.0672. The summed E-state index contributed by atoms with van der Waals surface area (Å²) >= 11 is 0. The summed E-state index contributed by atoms with van der Waals surface area (Å²) in [7, 11) is 0. The van der Waals surface area contributed by atoms with E-state index in [4.69, 9.17) is 4.74 Å². The van der Waals surface area contributed by atoms with Crippen LogP contribution in [0, 0.1) is 13.8 Å². The molecule has 0 fully saturated rings. The molecular formula is C34H39NO4. The second-order valence-corrected chi connectivity index (χ2v) is 11.1. The Morgan fingerprint density at radius 1 is 0.923 bits per heavy atom. The number of aryl methyl sites for hydroxylation is 2. The third-order valence-corrected chi connectivity index (χ3v) is 7.26. The topological polar surface area (TPSA) is 78.8 Å². The van der Waals surface area contributed by atoms with Crippen LogP contribution in [0.15, 0.2) is 78.9 Å². The number of nitrogens with one attached hydrogen (secondary N) is 1. The molecule has 4 rings (SSSR count). The molecule has 0 aliphatic heterocycles. The highest BCUT2D eigenvalue weighted by Gasteiger charge is 2.21. The molecule has 0 radical (unpaired) electrons. The number of benzene rings is 4. The highest BCUT2D eigenvalue weighted by molar-refractivity contribution is 5.90. The van der Waals surface area contributed by atoms with E-state index in [0.717, 1.165) is 34.2 Å². The summed E-state index contributed by atoms with van der Waals surface area (Å²) in [5.74, 6) is -0.930. The summed E-state index contributed by atoms with van der Waals surface area (Å²) in [5, 5.41) is 26.1. The number of hydrogen-bond acceptors (Lipinski definition) is 4. The number of carbonyl (C=O) groups is 1. The van der Waals surface area contributed by atoms with Gasteiger partial charge in [0.15, 0.2) is 0 Å². The molecule has 2 atom stereocenters. The molecule has 39 heavy (non-hydrogen) atoms. The minimum Gasteiger partial charge on any atom is -0.478 e. The molecule has 0 aliphatic rings. The molecule has 0 heterocycles. The average Bonchev–Trinajstić information content (AvgIpc) is 2.90. The maximum atomic E-state index is 11.5. The number of aliphatic hydroxyl groups excluding tert-OH is 1. The van der Waals surface area contributed by atoms with Crippen LogP contribution >= 0.6 is 0 Å². The van der Waals surface area contributed by atoms with Crippen molar-refractivity contribution in [1.82, 2.24) is 5.32 Å². The summed E-state index contributed by atoms with van der Waals surface area (Å²) in [6.45, 7) is 10.8. The molecule has 4 aromatic rings. The van der Waals surface area contributed by atoms with Crippen LogP contribution in [0.25, 0.3) is 21.9 Å². The molecule has 4 aromatic carbocycles. The number of fused-ring (bicyclic) bond motifs is 1. The van der Waals surface area contributed by atoms with Gasteiger partial charge in [0.2, 0.25) is 0 Å². The van der Waals surface area contributed by atoms with E-state index in [9.17, 15) is 15.0 Å². The van der Waals surface area contributed by atoms with E-state index in [1.807, 2.05) is 45.0 Å². The van der Waals surface area contributed by atoms with Crippen molar-refractivity contribution in [3.63, 3.8) is 0 Å². The molecule has 0 aliphatic carbocycles. The van der Waals surface area contributed by atoms with Gasteiger partial charge < -0.3 is 20.3 Å². The lowest BCUT2D eigenvalue weighted by Gasteiger charge is -2.28. The van der Waals surface area contributed by atoms with Gasteiger partial charge in [-0.1, -0.05) is 66.7 Å². The SMILES string of the molecule is Cc1cc(C(=O)O)cc(C)c1-c1ccccc1C(C)OC[C@H](O)CNC(C)(C)Cc1ccc2ccccc2c1. The monoisotopic (exact) mass is 525 g/mol. The van der Waals surface area contributed by atoms with Crippen LogP contribution in [0.4, 0.5) is 0 Å². The number of β-amino-alcohol motifs (C(OH)–C–C–N with tert-alkyl or cyclic N) is 1. The molecule has 0 aromatic heterocycles. The van der Waals surface area contributed by atoms with Crippen molar-refractivity contribution in [2.24, 2.45) is 0 Å². The van der Waals surface area contributed by atoms with Crippen LogP contribution in [0.2, 0.25) is 0 Å². The van der Waals surface area contributed by atoms with Gasteiger partial charge in [-0.3, -0.25) is 0 Å². The van der Waals surface area contributed by atoms with Crippen LogP contribution in [0.1, 0.15) is 59.5 Å². The molecule has 0 saturated carbocycles. The summed E-state index contributed by atoms with van der Waals surface area (Å²) < 4.78 is 6.14. The molecule has 204 valence electrons. The van der Waals surface area contributed by atoms with E-state index in [0.29, 0.717) is 6.54 Å². The van der Waals surface area contributed by atoms with Crippen LogP contribution in [0.5, 0.6) is 0 Å². The van der Waals surface area contributed by atoms with Gasteiger partial charge in [-0.25, -0.2) is 4.79 Å². The highest BCUT2D eigenvalue weighted by atomic mass is 16.5.